The van der Waals surface area contributed by atoms with Crippen LogP contribution in [0.15, 0.2) is 60.0 Å². The molecule has 0 bridgehead atoms. The van der Waals surface area contributed by atoms with Gasteiger partial charge in [0.25, 0.3) is 0 Å². The van der Waals surface area contributed by atoms with Gasteiger partial charge in [0.15, 0.2) is 0 Å². The van der Waals surface area contributed by atoms with E-state index in [1.165, 1.54) is 12.0 Å². The van der Waals surface area contributed by atoms with Crippen molar-refractivity contribution < 1.29 is 0 Å². The molecule has 0 saturated carbocycles. The van der Waals surface area contributed by atoms with Gasteiger partial charge in [-0.15, -0.1) is 11.3 Å². The first-order valence-corrected chi connectivity index (χ1v) is 8.35. The summed E-state index contributed by atoms with van der Waals surface area (Å²) in [7, 11) is 0. The Morgan fingerprint density at radius 1 is 0.955 bits per heavy atom. The fourth-order valence-corrected chi connectivity index (χ4v) is 2.91. The number of hydrogen-bond donors (Lipinski definition) is 2. The van der Waals surface area contributed by atoms with Crippen LogP contribution >= 0.6 is 11.3 Å². The fraction of sp³-hybridized carbons (Fsp3) is 0.167. The van der Waals surface area contributed by atoms with E-state index in [1.807, 2.05) is 30.3 Å². The van der Waals surface area contributed by atoms with Crippen molar-refractivity contribution in [2.45, 2.75) is 19.8 Å². The Kier molecular flexibility index (Phi) is 4.71. The van der Waals surface area contributed by atoms with Gasteiger partial charge in [-0.2, -0.15) is 0 Å². The molecule has 0 unspecified atom stereocenters. The minimum Gasteiger partial charge on any atom is -0.299 e. The van der Waals surface area contributed by atoms with E-state index in [0.717, 1.165) is 28.5 Å². The summed E-state index contributed by atoms with van der Waals surface area (Å²) >= 11 is 1.59. The highest BCUT2D eigenvalue weighted by atomic mass is 32.1. The van der Waals surface area contributed by atoms with Gasteiger partial charge in [-0.25, -0.2) is 4.98 Å². The molecule has 1 heterocycles. The van der Waals surface area contributed by atoms with E-state index in [-0.39, 0.29) is 0 Å². The molecule has 2 aromatic carbocycles. The first-order valence-electron chi connectivity index (χ1n) is 7.47. The highest BCUT2D eigenvalue weighted by molar-refractivity contribution is 7.14. The van der Waals surface area contributed by atoms with Crippen LogP contribution in [0.3, 0.4) is 0 Å². The lowest BCUT2D eigenvalue weighted by molar-refractivity contribution is 0.922. The van der Waals surface area contributed by atoms with Crippen LogP contribution in [0.2, 0.25) is 0 Å². The average molecular weight is 309 g/mol. The summed E-state index contributed by atoms with van der Waals surface area (Å²) in [4.78, 5) is 4.62. The van der Waals surface area contributed by atoms with Gasteiger partial charge in [0.05, 0.1) is 11.4 Å². The Morgan fingerprint density at radius 3 is 2.45 bits per heavy atom. The van der Waals surface area contributed by atoms with Crippen molar-refractivity contribution in [3.05, 3.63) is 65.5 Å². The van der Waals surface area contributed by atoms with E-state index in [0.29, 0.717) is 0 Å². The molecule has 0 atom stereocenters. The van der Waals surface area contributed by atoms with E-state index in [2.05, 4.69) is 52.4 Å². The molecule has 3 nitrogen and oxygen atoms in total. The van der Waals surface area contributed by atoms with E-state index in [9.17, 15) is 0 Å². The summed E-state index contributed by atoms with van der Waals surface area (Å²) in [5.41, 5.74) is 10.8. The summed E-state index contributed by atoms with van der Waals surface area (Å²) in [6.45, 7) is 2.20. The Balaban J connectivity index is 1.65. The average Bonchev–Trinajstić information content (AvgIpc) is 3.04. The van der Waals surface area contributed by atoms with Crippen LogP contribution in [0.25, 0.3) is 11.3 Å². The molecule has 0 aliphatic rings. The summed E-state index contributed by atoms with van der Waals surface area (Å²) in [6, 6.07) is 18.7. The largest absolute Gasteiger partial charge is 0.299 e. The summed E-state index contributed by atoms with van der Waals surface area (Å²) in [6.07, 6.45) is 2.31. The second-order valence-corrected chi connectivity index (χ2v) is 5.96. The first-order chi connectivity index (χ1) is 10.8. The SMILES string of the molecule is CCCc1ccc(-c2csc(NNc3ccccc3)n2)cc1. The number of hydrogen-bond acceptors (Lipinski definition) is 4. The predicted octanol–water partition coefficient (Wildman–Crippen LogP) is 5.20. The number of anilines is 2. The topological polar surface area (TPSA) is 37.0 Å². The number of aryl methyl sites for hydroxylation is 1. The third kappa shape index (κ3) is 3.65. The van der Waals surface area contributed by atoms with Crippen molar-refractivity contribution in [2.24, 2.45) is 0 Å². The molecule has 2 N–H and O–H groups in total. The number of nitrogens with one attached hydrogen (secondary N) is 2. The quantitative estimate of drug-likeness (QED) is 0.614. The number of aromatic nitrogens is 1. The molecule has 0 aliphatic heterocycles. The third-order valence-corrected chi connectivity index (χ3v) is 4.14. The van der Waals surface area contributed by atoms with Gasteiger partial charge in [0.2, 0.25) is 5.13 Å². The molecule has 112 valence electrons. The molecule has 0 fully saturated rings. The number of thiazole rings is 1. The molecule has 0 saturated heterocycles. The Hall–Kier alpha value is -2.33. The summed E-state index contributed by atoms with van der Waals surface area (Å²) < 4.78 is 0. The highest BCUT2D eigenvalue weighted by Crippen LogP contribution is 2.25. The lowest BCUT2D eigenvalue weighted by atomic mass is 10.1. The van der Waals surface area contributed by atoms with Crippen molar-refractivity contribution in [3.63, 3.8) is 0 Å². The molecule has 3 rings (SSSR count). The lowest BCUT2D eigenvalue weighted by Crippen LogP contribution is -2.07. The molecule has 0 amide bonds. The van der Waals surface area contributed by atoms with Crippen molar-refractivity contribution in [1.29, 1.82) is 0 Å². The number of rotatable bonds is 6. The van der Waals surface area contributed by atoms with Gasteiger partial charge in [-0.05, 0) is 24.1 Å². The number of benzene rings is 2. The summed E-state index contributed by atoms with van der Waals surface area (Å²) in [5, 5.41) is 2.93. The Morgan fingerprint density at radius 2 is 1.73 bits per heavy atom. The van der Waals surface area contributed by atoms with Gasteiger partial charge in [0.1, 0.15) is 0 Å². The number of para-hydroxylation sites is 1. The monoisotopic (exact) mass is 309 g/mol. The smallest absolute Gasteiger partial charge is 0.202 e. The minimum atomic E-state index is 0.858. The maximum atomic E-state index is 4.62. The molecule has 1 aromatic heterocycles. The van der Waals surface area contributed by atoms with E-state index in [4.69, 9.17) is 0 Å². The number of nitrogens with zero attached hydrogens (tertiary/aromatic N) is 1. The first kappa shape index (κ1) is 14.6. The van der Waals surface area contributed by atoms with Crippen LogP contribution < -0.4 is 10.9 Å². The third-order valence-electron chi connectivity index (χ3n) is 3.38. The second-order valence-electron chi connectivity index (χ2n) is 5.10. The predicted molar refractivity (Wildman–Crippen MR) is 95.2 cm³/mol. The molecule has 3 aromatic rings. The minimum absolute atomic E-state index is 0.858. The van der Waals surface area contributed by atoms with Crippen molar-refractivity contribution in [2.75, 3.05) is 10.9 Å². The molecular weight excluding hydrogens is 290 g/mol. The maximum Gasteiger partial charge on any atom is 0.202 e. The van der Waals surface area contributed by atoms with Crippen molar-refractivity contribution >= 4 is 22.2 Å². The van der Waals surface area contributed by atoms with Gasteiger partial charge in [-0.1, -0.05) is 55.8 Å². The molecule has 0 aliphatic carbocycles. The maximum absolute atomic E-state index is 4.62. The normalized spacial score (nSPS) is 10.4. The zero-order chi connectivity index (χ0) is 15.2. The van der Waals surface area contributed by atoms with Crippen molar-refractivity contribution in [3.8, 4) is 11.3 Å². The molecule has 4 heteroatoms. The standard InChI is InChI=1S/C18H19N3S/c1-2-6-14-9-11-15(12-10-14)17-13-22-18(19-17)21-20-16-7-4-3-5-8-16/h3-5,7-13,20H,2,6H2,1H3,(H,19,21). The van der Waals surface area contributed by atoms with Crippen molar-refractivity contribution in [1.82, 2.24) is 4.98 Å². The van der Waals surface area contributed by atoms with Crippen LogP contribution in [0.4, 0.5) is 10.8 Å². The van der Waals surface area contributed by atoms with Crippen LogP contribution in [0, 0.1) is 0 Å². The molecule has 0 radical (unpaired) electrons. The zero-order valence-corrected chi connectivity index (χ0v) is 13.4. The molecule has 0 spiro atoms. The Bertz CT molecular complexity index is 705. The van der Waals surface area contributed by atoms with Crippen LogP contribution in [-0.2, 0) is 6.42 Å². The van der Waals surface area contributed by atoms with Crippen LogP contribution in [0.5, 0.6) is 0 Å². The second kappa shape index (κ2) is 7.09. The molecule has 22 heavy (non-hydrogen) atoms. The van der Waals surface area contributed by atoms with Gasteiger partial charge in [-0.3, -0.25) is 10.9 Å². The van der Waals surface area contributed by atoms with Gasteiger partial charge in [0, 0.05) is 10.9 Å². The van der Waals surface area contributed by atoms with Crippen LogP contribution in [0.1, 0.15) is 18.9 Å². The van der Waals surface area contributed by atoms with E-state index < -0.39 is 0 Å². The van der Waals surface area contributed by atoms with Gasteiger partial charge < -0.3 is 0 Å². The lowest BCUT2D eigenvalue weighted by Gasteiger charge is -2.05. The fourth-order valence-electron chi connectivity index (χ4n) is 2.24. The van der Waals surface area contributed by atoms with Crippen LogP contribution in [-0.4, -0.2) is 4.98 Å². The highest BCUT2D eigenvalue weighted by Gasteiger charge is 2.04. The number of hydrazine groups is 1. The van der Waals surface area contributed by atoms with E-state index >= 15 is 0 Å². The Labute approximate surface area is 135 Å². The zero-order valence-electron chi connectivity index (χ0n) is 12.5. The van der Waals surface area contributed by atoms with E-state index in [1.54, 1.807) is 11.3 Å². The summed E-state index contributed by atoms with van der Waals surface area (Å²) in [5.74, 6) is 0. The van der Waals surface area contributed by atoms with Gasteiger partial charge >= 0.3 is 0 Å². The molecular formula is C18H19N3S.